The van der Waals surface area contributed by atoms with Crippen LogP contribution < -0.4 is 10.6 Å². The van der Waals surface area contributed by atoms with Gasteiger partial charge in [-0.05, 0) is 32.9 Å². The highest BCUT2D eigenvalue weighted by molar-refractivity contribution is 5.23. The van der Waals surface area contributed by atoms with Gasteiger partial charge in [0, 0.05) is 37.6 Å². The van der Waals surface area contributed by atoms with Gasteiger partial charge in [0.1, 0.15) is 6.23 Å². The lowest BCUT2D eigenvalue weighted by molar-refractivity contribution is 0.0219. The third-order valence-electron chi connectivity index (χ3n) is 2.99. The van der Waals surface area contributed by atoms with Crippen LogP contribution in [-0.2, 0) is 4.74 Å². The fourth-order valence-electron chi connectivity index (χ4n) is 2.24. The van der Waals surface area contributed by atoms with E-state index in [-0.39, 0.29) is 12.3 Å². The predicted molar refractivity (Wildman–Crippen MR) is 69.4 cm³/mol. The van der Waals surface area contributed by atoms with Gasteiger partial charge in [-0.25, -0.2) is 0 Å². The summed E-state index contributed by atoms with van der Waals surface area (Å²) in [5.74, 6) is 0. The SMILES string of the molecule is CC(C)OC1C=C(N2CCN[C@H](C)C2)C=CN1. The molecule has 17 heavy (non-hydrogen) atoms. The molecule has 2 N–H and O–H groups in total. The van der Waals surface area contributed by atoms with Crippen molar-refractivity contribution in [3.05, 3.63) is 24.0 Å². The molecule has 0 radical (unpaired) electrons. The first-order valence-electron chi connectivity index (χ1n) is 6.43. The molecular formula is C13H23N3O. The maximum Gasteiger partial charge on any atom is 0.149 e. The number of nitrogens with one attached hydrogen (secondary N) is 2. The van der Waals surface area contributed by atoms with Crippen LogP contribution >= 0.6 is 0 Å². The Balaban J connectivity index is 1.98. The molecule has 2 rings (SSSR count). The lowest BCUT2D eigenvalue weighted by atomic mass is 10.2. The molecule has 96 valence electrons. The second kappa shape index (κ2) is 5.56. The second-order valence-electron chi connectivity index (χ2n) is 5.00. The first-order chi connectivity index (χ1) is 8.15. The van der Waals surface area contributed by atoms with Crippen LogP contribution in [0.3, 0.4) is 0 Å². The maximum absolute atomic E-state index is 5.76. The van der Waals surface area contributed by atoms with Crippen molar-refractivity contribution >= 4 is 0 Å². The quantitative estimate of drug-likeness (QED) is 0.769. The van der Waals surface area contributed by atoms with Crippen LogP contribution in [0.15, 0.2) is 24.0 Å². The molecule has 0 aromatic heterocycles. The van der Waals surface area contributed by atoms with E-state index in [0.29, 0.717) is 6.04 Å². The van der Waals surface area contributed by atoms with Crippen LogP contribution in [0.25, 0.3) is 0 Å². The van der Waals surface area contributed by atoms with Crippen molar-refractivity contribution in [2.75, 3.05) is 19.6 Å². The van der Waals surface area contributed by atoms with E-state index < -0.39 is 0 Å². The Morgan fingerprint density at radius 2 is 2.29 bits per heavy atom. The molecular weight excluding hydrogens is 214 g/mol. The molecule has 4 nitrogen and oxygen atoms in total. The van der Waals surface area contributed by atoms with Gasteiger partial charge in [-0.15, -0.1) is 0 Å². The summed E-state index contributed by atoms with van der Waals surface area (Å²) in [4.78, 5) is 2.41. The van der Waals surface area contributed by atoms with Crippen molar-refractivity contribution in [2.45, 2.75) is 39.1 Å². The maximum atomic E-state index is 5.76. The summed E-state index contributed by atoms with van der Waals surface area (Å²) in [6.45, 7) is 9.51. The molecule has 2 aliphatic heterocycles. The smallest absolute Gasteiger partial charge is 0.149 e. The molecule has 0 spiro atoms. The third kappa shape index (κ3) is 3.48. The summed E-state index contributed by atoms with van der Waals surface area (Å²) in [5.41, 5.74) is 1.27. The Morgan fingerprint density at radius 1 is 1.47 bits per heavy atom. The van der Waals surface area contributed by atoms with E-state index in [1.807, 2.05) is 6.20 Å². The molecule has 0 amide bonds. The Morgan fingerprint density at radius 3 is 3.00 bits per heavy atom. The molecule has 1 unspecified atom stereocenters. The Hall–Kier alpha value is -1.00. The zero-order valence-corrected chi connectivity index (χ0v) is 10.9. The lowest BCUT2D eigenvalue weighted by Crippen LogP contribution is -2.49. The highest BCUT2D eigenvalue weighted by Crippen LogP contribution is 2.14. The third-order valence-corrected chi connectivity index (χ3v) is 2.99. The second-order valence-corrected chi connectivity index (χ2v) is 5.00. The van der Waals surface area contributed by atoms with E-state index in [4.69, 9.17) is 4.74 Å². The summed E-state index contributed by atoms with van der Waals surface area (Å²) in [5, 5.41) is 6.66. The Kier molecular flexibility index (Phi) is 4.07. The molecule has 1 fully saturated rings. The average molecular weight is 237 g/mol. The van der Waals surface area contributed by atoms with Gasteiger partial charge in [-0.3, -0.25) is 0 Å². The number of hydrogen-bond donors (Lipinski definition) is 2. The number of allylic oxidation sites excluding steroid dienone is 1. The summed E-state index contributed by atoms with van der Waals surface area (Å²) in [6, 6.07) is 0.553. The normalized spacial score (nSPS) is 29.2. The largest absolute Gasteiger partial charge is 0.369 e. The summed E-state index contributed by atoms with van der Waals surface area (Å²) >= 11 is 0. The van der Waals surface area contributed by atoms with Crippen molar-refractivity contribution < 1.29 is 4.74 Å². The fourth-order valence-corrected chi connectivity index (χ4v) is 2.24. The van der Waals surface area contributed by atoms with E-state index in [1.165, 1.54) is 5.70 Å². The molecule has 2 atom stereocenters. The van der Waals surface area contributed by atoms with E-state index >= 15 is 0 Å². The monoisotopic (exact) mass is 237 g/mol. The van der Waals surface area contributed by atoms with Crippen molar-refractivity contribution in [1.29, 1.82) is 0 Å². The number of piperazine rings is 1. The molecule has 1 saturated heterocycles. The zero-order chi connectivity index (χ0) is 12.3. The number of dihydropyridines is 1. The Bertz CT molecular complexity index is 312. The lowest BCUT2D eigenvalue weighted by Gasteiger charge is -2.36. The van der Waals surface area contributed by atoms with Crippen LogP contribution in [0.5, 0.6) is 0 Å². The molecule has 0 aliphatic carbocycles. The van der Waals surface area contributed by atoms with Crippen LogP contribution in [0, 0.1) is 0 Å². The number of nitrogens with zero attached hydrogens (tertiary/aromatic N) is 1. The van der Waals surface area contributed by atoms with Crippen molar-refractivity contribution in [3.63, 3.8) is 0 Å². The van der Waals surface area contributed by atoms with Gasteiger partial charge in [0.25, 0.3) is 0 Å². The minimum Gasteiger partial charge on any atom is -0.369 e. The minimum absolute atomic E-state index is 0.000178. The predicted octanol–water partition coefficient (Wildman–Crippen LogP) is 1.03. The minimum atomic E-state index is 0.000178. The van der Waals surface area contributed by atoms with E-state index in [1.54, 1.807) is 0 Å². The van der Waals surface area contributed by atoms with Gasteiger partial charge < -0.3 is 20.3 Å². The van der Waals surface area contributed by atoms with Crippen LogP contribution in [-0.4, -0.2) is 42.9 Å². The topological polar surface area (TPSA) is 36.5 Å². The van der Waals surface area contributed by atoms with Crippen molar-refractivity contribution in [3.8, 4) is 0 Å². The van der Waals surface area contributed by atoms with Crippen LogP contribution in [0.2, 0.25) is 0 Å². The number of rotatable bonds is 3. The van der Waals surface area contributed by atoms with E-state index in [2.05, 4.69) is 48.5 Å². The molecule has 2 heterocycles. The summed E-state index contributed by atoms with van der Waals surface area (Å²) in [6.07, 6.45) is 6.50. The van der Waals surface area contributed by atoms with Gasteiger partial charge in [-0.2, -0.15) is 0 Å². The number of hydrogen-bond acceptors (Lipinski definition) is 4. The standard InChI is InChI=1S/C13H23N3O/c1-10(2)17-13-8-12(4-5-15-13)16-7-6-14-11(3)9-16/h4-5,8,10-11,13-15H,6-7,9H2,1-3H3/t11-,13?/m1/s1. The first-order valence-corrected chi connectivity index (χ1v) is 6.43. The van der Waals surface area contributed by atoms with Crippen molar-refractivity contribution in [1.82, 2.24) is 15.5 Å². The highest BCUT2D eigenvalue weighted by Gasteiger charge is 2.19. The summed E-state index contributed by atoms with van der Waals surface area (Å²) < 4.78 is 5.76. The first kappa shape index (κ1) is 12.5. The van der Waals surface area contributed by atoms with Gasteiger partial charge in [0.15, 0.2) is 0 Å². The molecule has 4 heteroatoms. The van der Waals surface area contributed by atoms with E-state index in [9.17, 15) is 0 Å². The summed E-state index contributed by atoms with van der Waals surface area (Å²) in [7, 11) is 0. The van der Waals surface area contributed by atoms with Gasteiger partial charge in [0.05, 0.1) is 6.10 Å². The molecule has 0 aromatic rings. The molecule has 0 aromatic carbocycles. The molecule has 0 saturated carbocycles. The Labute approximate surface area is 104 Å². The van der Waals surface area contributed by atoms with Gasteiger partial charge in [0.2, 0.25) is 0 Å². The van der Waals surface area contributed by atoms with E-state index in [0.717, 1.165) is 19.6 Å². The molecule has 0 bridgehead atoms. The number of ether oxygens (including phenoxy) is 1. The molecule has 2 aliphatic rings. The van der Waals surface area contributed by atoms with Crippen molar-refractivity contribution in [2.24, 2.45) is 0 Å². The highest BCUT2D eigenvalue weighted by atomic mass is 16.5. The fraction of sp³-hybridized carbons (Fsp3) is 0.692. The zero-order valence-electron chi connectivity index (χ0n) is 10.9. The average Bonchev–Trinajstić information content (AvgIpc) is 2.28. The van der Waals surface area contributed by atoms with Crippen LogP contribution in [0.4, 0.5) is 0 Å². The van der Waals surface area contributed by atoms with Crippen LogP contribution in [0.1, 0.15) is 20.8 Å². The van der Waals surface area contributed by atoms with Gasteiger partial charge >= 0.3 is 0 Å². The van der Waals surface area contributed by atoms with Gasteiger partial charge in [-0.1, -0.05) is 0 Å².